The molecule has 2 aromatic rings. The molecule has 0 heterocycles. The molecule has 7 nitrogen and oxygen atoms in total. The number of aliphatic hydroxyl groups is 2. The van der Waals surface area contributed by atoms with E-state index >= 15 is 0 Å². The first-order chi connectivity index (χ1) is 31.8. The Morgan fingerprint density at radius 2 is 1.03 bits per heavy atom. The lowest BCUT2D eigenvalue weighted by Gasteiger charge is -2.59. The first-order valence-electron chi connectivity index (χ1n) is 26.9. The van der Waals surface area contributed by atoms with Gasteiger partial charge in [-0.2, -0.15) is 8.42 Å². The van der Waals surface area contributed by atoms with Crippen LogP contribution in [0.3, 0.4) is 0 Å². The molecule has 0 saturated heterocycles. The van der Waals surface area contributed by atoms with E-state index in [4.69, 9.17) is 4.18 Å². The van der Waals surface area contributed by atoms with Crippen LogP contribution in [0, 0.1) is 87.8 Å². The largest absolute Gasteiger partial charge is 0.390 e. The van der Waals surface area contributed by atoms with Gasteiger partial charge < -0.3 is 10.2 Å². The molecule has 16 atom stereocenters. The average molecular weight is 1000 g/mol. The van der Waals surface area contributed by atoms with E-state index in [1.165, 1.54) is 56.1 Å². The Morgan fingerprint density at radius 1 is 0.571 bits per heavy atom. The second kappa shape index (κ2) is 19.8. The van der Waals surface area contributed by atoms with Crippen molar-refractivity contribution < 1.29 is 31.2 Å². The summed E-state index contributed by atoms with van der Waals surface area (Å²) in [6, 6.07) is 15.9. The van der Waals surface area contributed by atoms with Crippen LogP contribution in [-0.2, 0) is 24.1 Å². The summed E-state index contributed by atoms with van der Waals surface area (Å²) in [6.45, 7) is 20.5. The topological polar surface area (TPSA) is 118 Å². The van der Waals surface area contributed by atoms with E-state index in [1.807, 2.05) is 51.1 Å². The van der Waals surface area contributed by atoms with Crippen molar-refractivity contribution in [3.63, 3.8) is 0 Å². The summed E-state index contributed by atoms with van der Waals surface area (Å²) in [6.07, 6.45) is 22.7. The molecule has 0 radical (unpaired) electrons. The molecule has 2 N–H and O–H groups in total. The predicted molar refractivity (Wildman–Crippen MR) is 286 cm³/mol. The molecule has 6 saturated carbocycles. The standard InChI is InChI=1S/C30H44O4S.C29H42O3S.2CH4/c1-20-6-9-23(10-7-20)35(32,33)34-19-21(2)25-12-13-26-24-11-8-22-18-28(3,31)16-17-29(22,4)27(24)14-15-30(25,26)5;1-20(19-33(31,32)22-8-6-5-7-9-22)24-12-13-25-23-11-10-21-18-27(2,30)16-17-28(21,3)26(23)14-15-29(24,25)4;;/h6-10,21,24-27,31H,11-19H2,1-5H3;5-10,20,23-26,30H,11-19H2,1-4H3;2*1H4/t21-,24+,25-,26+,27+,28+,29+,30-;20-,23+,24-,25+,26+,27+,28+,29-;;/m11../s1. The smallest absolute Gasteiger partial charge is 0.296 e. The summed E-state index contributed by atoms with van der Waals surface area (Å²) in [4.78, 5) is 0.710. The molecule has 0 aromatic heterocycles. The van der Waals surface area contributed by atoms with Gasteiger partial charge in [0.2, 0.25) is 0 Å². The van der Waals surface area contributed by atoms with Gasteiger partial charge in [-0.25, -0.2) is 8.42 Å². The van der Waals surface area contributed by atoms with Gasteiger partial charge in [-0.3, -0.25) is 4.18 Å². The van der Waals surface area contributed by atoms with Crippen molar-refractivity contribution in [3.8, 4) is 0 Å². The Bertz CT molecular complexity index is 2460. The zero-order valence-corrected chi connectivity index (χ0v) is 44.7. The molecule has 0 unspecified atom stereocenters. The van der Waals surface area contributed by atoms with Gasteiger partial charge in [0.05, 0.1) is 33.4 Å². The van der Waals surface area contributed by atoms with Crippen LogP contribution in [0.1, 0.15) is 179 Å². The van der Waals surface area contributed by atoms with Crippen molar-refractivity contribution in [2.45, 2.75) is 201 Å². The first kappa shape index (κ1) is 55.5. The predicted octanol–water partition coefficient (Wildman–Crippen LogP) is 14.4. The third kappa shape index (κ3) is 9.90. The molecular weight excluding hydrogens is 909 g/mol. The van der Waals surface area contributed by atoms with Crippen LogP contribution < -0.4 is 0 Å². The van der Waals surface area contributed by atoms with Crippen LogP contribution >= 0.6 is 0 Å². The van der Waals surface area contributed by atoms with Crippen molar-refractivity contribution in [2.24, 2.45) is 80.8 Å². The Kier molecular flexibility index (Phi) is 15.7. The molecule has 8 aliphatic rings. The minimum absolute atomic E-state index is 0. The maximum absolute atomic E-state index is 13.1. The second-order valence-corrected chi connectivity index (χ2v) is 29.6. The summed E-state index contributed by atoms with van der Waals surface area (Å²) in [5.74, 6) is 5.85. The third-order valence-corrected chi connectivity index (χ3v) is 24.9. The normalized spacial score (nSPS) is 41.6. The highest BCUT2D eigenvalue weighted by Crippen LogP contribution is 2.69. The summed E-state index contributed by atoms with van der Waals surface area (Å²) in [7, 11) is -6.98. The minimum Gasteiger partial charge on any atom is -0.390 e. The van der Waals surface area contributed by atoms with E-state index in [0.29, 0.717) is 52.2 Å². The number of benzene rings is 2. The number of fused-ring (bicyclic) bond motifs is 10. The fraction of sp³-hybridized carbons (Fsp3) is 0.738. The van der Waals surface area contributed by atoms with E-state index in [1.54, 1.807) is 24.3 Å². The van der Waals surface area contributed by atoms with Crippen molar-refractivity contribution in [3.05, 3.63) is 83.5 Å². The lowest BCUT2D eigenvalue weighted by molar-refractivity contribution is -0.0717. The summed E-state index contributed by atoms with van der Waals surface area (Å²) < 4.78 is 57.4. The quantitative estimate of drug-likeness (QED) is 0.190. The maximum atomic E-state index is 13.1. The van der Waals surface area contributed by atoms with Crippen LogP contribution in [-0.4, -0.2) is 50.6 Å². The Balaban J connectivity index is 0.000000201. The summed E-state index contributed by atoms with van der Waals surface area (Å²) in [5.41, 5.74) is 3.95. The number of rotatable bonds is 9. The zero-order chi connectivity index (χ0) is 48.9. The number of allylic oxidation sites excluding steroid dienone is 2. The van der Waals surface area contributed by atoms with Gasteiger partial charge in [0.15, 0.2) is 9.84 Å². The molecule has 392 valence electrons. The Hall–Kier alpha value is -2.30. The van der Waals surface area contributed by atoms with Crippen LogP contribution in [0.25, 0.3) is 0 Å². The third-order valence-electron chi connectivity index (χ3n) is 21.7. The number of hydrogen-bond acceptors (Lipinski definition) is 7. The summed E-state index contributed by atoms with van der Waals surface area (Å²) >= 11 is 0. The number of aryl methyl sites for hydroxylation is 1. The fourth-order valence-corrected chi connectivity index (χ4v) is 20.5. The fourth-order valence-electron chi connectivity index (χ4n) is 17.8. The number of hydrogen-bond donors (Lipinski definition) is 2. The SMILES string of the molecule is C.C.C[C@H](CS(=O)(=O)c1ccccc1)[C@H]1CC[C@H]2[C@@H]3CC=C4C[C@@](C)(O)CC[C@]4(C)[C@H]3CC[C@]12C.Cc1ccc(S(=O)(=O)OC[C@@H](C)[C@H]2CC[C@H]3[C@@H]4CC=C5C[C@@](C)(O)CC[C@]5(C)[C@H]4CC[C@]23C)cc1. The van der Waals surface area contributed by atoms with Gasteiger partial charge in [-0.1, -0.05) is 116 Å². The molecule has 0 bridgehead atoms. The monoisotopic (exact) mass is 1000 g/mol. The van der Waals surface area contributed by atoms with E-state index in [2.05, 4.69) is 53.7 Å². The minimum atomic E-state index is -3.73. The van der Waals surface area contributed by atoms with Crippen molar-refractivity contribution in [1.29, 1.82) is 0 Å². The average Bonchev–Trinajstić information content (AvgIpc) is 3.83. The molecule has 6 fully saturated rings. The lowest BCUT2D eigenvalue weighted by atomic mass is 9.46. The Morgan fingerprint density at radius 3 is 1.50 bits per heavy atom. The molecule has 0 amide bonds. The van der Waals surface area contributed by atoms with E-state index in [-0.39, 0.29) is 65.6 Å². The van der Waals surface area contributed by atoms with Gasteiger partial charge in [0.25, 0.3) is 10.1 Å². The van der Waals surface area contributed by atoms with Crippen LogP contribution in [0.5, 0.6) is 0 Å². The summed E-state index contributed by atoms with van der Waals surface area (Å²) in [5, 5.41) is 21.4. The van der Waals surface area contributed by atoms with Crippen molar-refractivity contribution in [1.82, 2.24) is 0 Å². The zero-order valence-electron chi connectivity index (χ0n) is 43.1. The van der Waals surface area contributed by atoms with E-state index in [0.717, 1.165) is 63.4 Å². The molecule has 0 spiro atoms. The van der Waals surface area contributed by atoms with Crippen LogP contribution in [0.4, 0.5) is 0 Å². The number of sulfone groups is 1. The van der Waals surface area contributed by atoms with Crippen LogP contribution in [0.2, 0.25) is 0 Å². The van der Waals surface area contributed by atoms with Gasteiger partial charge in [0.1, 0.15) is 0 Å². The van der Waals surface area contributed by atoms with Crippen LogP contribution in [0.15, 0.2) is 87.7 Å². The Labute approximate surface area is 426 Å². The molecule has 2 aromatic carbocycles. The highest BCUT2D eigenvalue weighted by molar-refractivity contribution is 7.91. The van der Waals surface area contributed by atoms with Crippen molar-refractivity contribution >= 4 is 20.0 Å². The maximum Gasteiger partial charge on any atom is 0.296 e. The molecule has 8 aliphatic carbocycles. The van der Waals surface area contributed by atoms with Gasteiger partial charge in [0, 0.05) is 0 Å². The second-order valence-electron chi connectivity index (χ2n) is 25.9. The van der Waals surface area contributed by atoms with Crippen molar-refractivity contribution in [2.75, 3.05) is 12.4 Å². The molecular formula is C61H94O7S2. The molecule has 70 heavy (non-hydrogen) atoms. The molecule has 0 aliphatic heterocycles. The van der Waals surface area contributed by atoms with Gasteiger partial charge in [-0.15, -0.1) is 0 Å². The van der Waals surface area contributed by atoms with E-state index in [9.17, 15) is 27.0 Å². The molecule has 9 heteroatoms. The lowest BCUT2D eigenvalue weighted by Crippen LogP contribution is -2.52. The van der Waals surface area contributed by atoms with Gasteiger partial charge >= 0.3 is 0 Å². The van der Waals surface area contributed by atoms with E-state index < -0.39 is 31.2 Å². The molecule has 10 rings (SSSR count). The van der Waals surface area contributed by atoms with Gasteiger partial charge in [-0.05, 0) is 229 Å². The highest BCUT2D eigenvalue weighted by Gasteiger charge is 2.61. The first-order valence-corrected chi connectivity index (χ1v) is 30.0. The highest BCUT2D eigenvalue weighted by atomic mass is 32.2.